The average molecular weight is 356 g/mol. The van der Waals surface area contributed by atoms with Crippen molar-refractivity contribution in [3.63, 3.8) is 0 Å². The molecule has 3 rings (SSSR count). The number of thioether (sulfide) groups is 1. The van der Waals surface area contributed by atoms with Crippen LogP contribution in [0, 0.1) is 6.92 Å². The molecule has 0 N–H and O–H groups in total. The highest BCUT2D eigenvalue weighted by Gasteiger charge is 2.26. The summed E-state index contributed by atoms with van der Waals surface area (Å²) in [5, 5.41) is 5.46. The molecule has 1 heterocycles. The van der Waals surface area contributed by atoms with Crippen molar-refractivity contribution in [2.75, 3.05) is 5.75 Å². The van der Waals surface area contributed by atoms with Crippen LogP contribution >= 0.6 is 24.0 Å². The van der Waals surface area contributed by atoms with Gasteiger partial charge in [-0.3, -0.25) is 4.79 Å². The van der Waals surface area contributed by atoms with Gasteiger partial charge in [0.1, 0.15) is 12.4 Å². The van der Waals surface area contributed by atoms with E-state index in [-0.39, 0.29) is 5.91 Å². The number of ether oxygens (including phenoxy) is 1. The third-order valence-electron chi connectivity index (χ3n) is 3.44. The number of rotatable bonds is 5. The number of para-hydroxylation sites is 1. The lowest BCUT2D eigenvalue weighted by Gasteiger charge is -2.11. The van der Waals surface area contributed by atoms with E-state index in [0.717, 1.165) is 11.1 Å². The molecule has 0 spiro atoms. The Balaban J connectivity index is 1.73. The van der Waals surface area contributed by atoms with Crippen molar-refractivity contribution in [1.82, 2.24) is 5.01 Å². The Hall–Kier alpha value is -2.18. The van der Waals surface area contributed by atoms with Crippen LogP contribution in [0.15, 0.2) is 53.6 Å². The first-order valence-corrected chi connectivity index (χ1v) is 8.84. The molecular formula is C18H16N2O2S2. The molecule has 122 valence electrons. The second kappa shape index (κ2) is 7.59. The fraction of sp³-hybridized carbons (Fsp3) is 0.167. The Morgan fingerprint density at radius 2 is 2.12 bits per heavy atom. The maximum Gasteiger partial charge on any atom is 0.259 e. The van der Waals surface area contributed by atoms with E-state index in [0.29, 0.717) is 22.4 Å². The number of hydrogen-bond acceptors (Lipinski definition) is 5. The van der Waals surface area contributed by atoms with Crippen LogP contribution in [0.4, 0.5) is 0 Å². The van der Waals surface area contributed by atoms with Crippen LogP contribution in [0.3, 0.4) is 0 Å². The monoisotopic (exact) mass is 356 g/mol. The van der Waals surface area contributed by atoms with Gasteiger partial charge in [0.05, 0.1) is 12.0 Å². The molecule has 0 aliphatic carbocycles. The quantitative estimate of drug-likeness (QED) is 0.604. The molecule has 1 aliphatic rings. The Morgan fingerprint density at radius 1 is 1.29 bits per heavy atom. The lowest BCUT2D eigenvalue weighted by molar-refractivity contribution is -0.123. The van der Waals surface area contributed by atoms with Crippen LogP contribution < -0.4 is 4.74 Å². The molecule has 24 heavy (non-hydrogen) atoms. The highest BCUT2D eigenvalue weighted by molar-refractivity contribution is 8.23. The number of benzene rings is 2. The fourth-order valence-electron chi connectivity index (χ4n) is 2.26. The van der Waals surface area contributed by atoms with Gasteiger partial charge in [0, 0.05) is 5.56 Å². The van der Waals surface area contributed by atoms with Crippen molar-refractivity contribution < 1.29 is 9.53 Å². The summed E-state index contributed by atoms with van der Waals surface area (Å²) in [7, 11) is 0. The fourth-order valence-corrected chi connectivity index (χ4v) is 3.23. The van der Waals surface area contributed by atoms with Gasteiger partial charge in [0.25, 0.3) is 5.91 Å². The van der Waals surface area contributed by atoms with E-state index in [1.54, 1.807) is 6.21 Å². The summed E-state index contributed by atoms with van der Waals surface area (Å²) in [6.07, 6.45) is 1.61. The zero-order chi connectivity index (χ0) is 16.9. The van der Waals surface area contributed by atoms with Crippen LogP contribution in [0.1, 0.15) is 16.7 Å². The van der Waals surface area contributed by atoms with E-state index in [1.807, 2.05) is 36.4 Å². The molecule has 2 aromatic rings. The molecule has 6 heteroatoms. The molecule has 2 aromatic carbocycles. The smallest absolute Gasteiger partial charge is 0.259 e. The normalized spacial score (nSPS) is 14.6. The molecule has 0 atom stereocenters. The number of nitrogens with zero attached hydrogens (tertiary/aromatic N) is 2. The molecule has 0 saturated carbocycles. The summed E-state index contributed by atoms with van der Waals surface area (Å²) in [5.74, 6) is 0.967. The largest absolute Gasteiger partial charge is 0.488 e. The van der Waals surface area contributed by atoms with Crippen LogP contribution in [0.2, 0.25) is 0 Å². The van der Waals surface area contributed by atoms with Crippen LogP contribution in [0.25, 0.3) is 0 Å². The highest BCUT2D eigenvalue weighted by atomic mass is 32.2. The predicted octanol–water partition coefficient (Wildman–Crippen LogP) is 3.77. The minimum absolute atomic E-state index is 0.0978. The predicted molar refractivity (Wildman–Crippen MR) is 101 cm³/mol. The molecule has 0 bridgehead atoms. The number of thiocarbonyl (C=S) groups is 1. The Kier molecular flexibility index (Phi) is 5.27. The number of hydrogen-bond donors (Lipinski definition) is 0. The van der Waals surface area contributed by atoms with E-state index in [9.17, 15) is 4.79 Å². The van der Waals surface area contributed by atoms with Crippen LogP contribution in [-0.2, 0) is 11.4 Å². The third-order valence-corrected chi connectivity index (χ3v) is 4.77. The van der Waals surface area contributed by atoms with Crippen molar-refractivity contribution >= 4 is 40.4 Å². The van der Waals surface area contributed by atoms with Gasteiger partial charge in [-0.2, -0.15) is 10.1 Å². The standard InChI is InChI=1S/C18H16N2O2S2/c1-13-5-4-6-14(9-13)11-22-16-8-3-2-7-15(16)10-19-20-17(21)12-24-18(20)23/h2-10H,11-12H2,1H3/b19-10+. The third kappa shape index (κ3) is 4.01. The molecule has 1 saturated heterocycles. The summed E-state index contributed by atoms with van der Waals surface area (Å²) in [4.78, 5) is 11.7. The van der Waals surface area contributed by atoms with Gasteiger partial charge in [0.15, 0.2) is 4.32 Å². The number of carbonyl (C=O) groups is 1. The average Bonchev–Trinajstić information content (AvgIpc) is 2.90. The molecule has 0 radical (unpaired) electrons. The molecule has 1 amide bonds. The van der Waals surface area contributed by atoms with Crippen molar-refractivity contribution in [3.05, 3.63) is 65.2 Å². The van der Waals surface area contributed by atoms with Gasteiger partial charge in [-0.1, -0.05) is 65.9 Å². The molecule has 0 unspecified atom stereocenters. The zero-order valence-electron chi connectivity index (χ0n) is 13.1. The van der Waals surface area contributed by atoms with E-state index in [1.165, 1.54) is 22.3 Å². The first kappa shape index (κ1) is 16.7. The zero-order valence-corrected chi connectivity index (χ0v) is 14.8. The maximum absolute atomic E-state index is 11.7. The van der Waals surface area contributed by atoms with Gasteiger partial charge in [0.2, 0.25) is 0 Å². The van der Waals surface area contributed by atoms with E-state index < -0.39 is 0 Å². The Bertz CT molecular complexity index is 789. The van der Waals surface area contributed by atoms with Gasteiger partial charge in [-0.25, -0.2) is 0 Å². The second-order valence-electron chi connectivity index (χ2n) is 5.32. The minimum Gasteiger partial charge on any atom is -0.488 e. The summed E-state index contributed by atoms with van der Waals surface area (Å²) in [6, 6.07) is 15.8. The van der Waals surface area contributed by atoms with Crippen molar-refractivity contribution in [2.24, 2.45) is 5.10 Å². The van der Waals surface area contributed by atoms with Crippen molar-refractivity contribution in [1.29, 1.82) is 0 Å². The molecule has 4 nitrogen and oxygen atoms in total. The van der Waals surface area contributed by atoms with Crippen molar-refractivity contribution in [3.8, 4) is 5.75 Å². The molecular weight excluding hydrogens is 340 g/mol. The summed E-state index contributed by atoms with van der Waals surface area (Å²) in [6.45, 7) is 2.53. The lowest BCUT2D eigenvalue weighted by atomic mass is 10.1. The molecule has 0 aromatic heterocycles. The minimum atomic E-state index is -0.0978. The van der Waals surface area contributed by atoms with Gasteiger partial charge in [-0.15, -0.1) is 0 Å². The number of hydrazone groups is 1. The molecule has 1 fully saturated rings. The topological polar surface area (TPSA) is 41.9 Å². The summed E-state index contributed by atoms with van der Waals surface area (Å²) in [5.41, 5.74) is 3.11. The maximum atomic E-state index is 11.7. The Labute approximate surface area is 150 Å². The second-order valence-corrected chi connectivity index (χ2v) is 6.93. The number of amides is 1. The van der Waals surface area contributed by atoms with Gasteiger partial charge < -0.3 is 4.74 Å². The number of carbonyl (C=O) groups excluding carboxylic acids is 1. The van der Waals surface area contributed by atoms with Gasteiger partial charge in [-0.05, 0) is 24.6 Å². The summed E-state index contributed by atoms with van der Waals surface area (Å²) >= 11 is 6.44. The van der Waals surface area contributed by atoms with Gasteiger partial charge >= 0.3 is 0 Å². The Morgan fingerprint density at radius 3 is 2.88 bits per heavy atom. The SMILES string of the molecule is Cc1cccc(COc2ccccc2/C=N/N2C(=O)CSC2=S)c1. The van der Waals surface area contributed by atoms with Crippen molar-refractivity contribution in [2.45, 2.75) is 13.5 Å². The first-order valence-electron chi connectivity index (χ1n) is 7.44. The lowest BCUT2D eigenvalue weighted by Crippen LogP contribution is -2.22. The molecule has 1 aliphatic heterocycles. The van der Waals surface area contributed by atoms with E-state index >= 15 is 0 Å². The van der Waals surface area contributed by atoms with E-state index in [2.05, 4.69) is 24.2 Å². The first-order chi connectivity index (χ1) is 11.6. The number of aryl methyl sites for hydroxylation is 1. The van der Waals surface area contributed by atoms with Crippen LogP contribution in [-0.4, -0.2) is 27.2 Å². The summed E-state index contributed by atoms with van der Waals surface area (Å²) < 4.78 is 6.40. The van der Waals surface area contributed by atoms with E-state index in [4.69, 9.17) is 17.0 Å². The highest BCUT2D eigenvalue weighted by Crippen LogP contribution is 2.21. The van der Waals surface area contributed by atoms with Crippen LogP contribution in [0.5, 0.6) is 5.75 Å².